The molecule has 29 heavy (non-hydrogen) atoms. The molecule has 0 aliphatic rings. The zero-order valence-electron chi connectivity index (χ0n) is 15.5. The Balaban J connectivity index is 1.73. The first-order valence-corrected chi connectivity index (χ1v) is 9.12. The molecule has 4 N–H and O–H groups in total. The molecule has 4 aromatic rings. The number of carbonyl (C=O) groups is 1. The Kier molecular flexibility index (Phi) is 4.99. The quantitative estimate of drug-likeness (QED) is 0.389. The molecule has 4 rings (SSSR count). The molecule has 0 atom stereocenters. The number of phenolic OH excluding ortho intramolecular Hbond substituents is 2. The average Bonchev–Trinajstić information content (AvgIpc) is 3.20. The molecule has 0 fully saturated rings. The minimum atomic E-state index is -0.283. The largest absolute Gasteiger partial charge is 0.504 e. The molecule has 6 nitrogen and oxygen atoms in total. The summed E-state index contributed by atoms with van der Waals surface area (Å²) in [6, 6.07) is 23.5. The minimum Gasteiger partial charge on any atom is -0.504 e. The van der Waals surface area contributed by atoms with Gasteiger partial charge in [-0.15, -0.1) is 0 Å². The fourth-order valence-corrected chi connectivity index (χ4v) is 3.14. The summed E-state index contributed by atoms with van der Waals surface area (Å²) < 4.78 is 0. The monoisotopic (exact) mass is 385 g/mol. The lowest BCUT2D eigenvalue weighted by molar-refractivity contribution is 0.0946. The van der Waals surface area contributed by atoms with E-state index in [0.717, 1.165) is 11.1 Å². The molecule has 0 aliphatic carbocycles. The summed E-state index contributed by atoms with van der Waals surface area (Å²) in [6.45, 7) is 0.391. The van der Waals surface area contributed by atoms with Crippen LogP contribution in [0, 0.1) is 0 Å². The summed E-state index contributed by atoms with van der Waals surface area (Å²) in [5, 5.41) is 29.6. The van der Waals surface area contributed by atoms with Crippen molar-refractivity contribution in [3.05, 3.63) is 90.1 Å². The number of hydrogen-bond donors (Lipinski definition) is 4. The molecule has 0 aliphatic heterocycles. The third-order valence-corrected chi connectivity index (χ3v) is 4.60. The van der Waals surface area contributed by atoms with E-state index >= 15 is 0 Å². The molecule has 0 saturated carbocycles. The van der Waals surface area contributed by atoms with Gasteiger partial charge in [-0.2, -0.15) is 5.10 Å². The lowest BCUT2D eigenvalue weighted by atomic mass is 9.98. The Hall–Kier alpha value is -4.06. The normalized spacial score (nSPS) is 10.6. The third kappa shape index (κ3) is 3.82. The molecule has 0 spiro atoms. The summed E-state index contributed by atoms with van der Waals surface area (Å²) in [6.07, 6.45) is 0. The second-order valence-corrected chi connectivity index (χ2v) is 6.56. The summed E-state index contributed by atoms with van der Waals surface area (Å²) in [5.74, 6) is -0.750. The lowest BCUT2D eigenvalue weighted by Gasteiger charge is -2.08. The molecule has 1 aromatic heterocycles. The van der Waals surface area contributed by atoms with E-state index < -0.39 is 0 Å². The van der Waals surface area contributed by atoms with Crippen LogP contribution in [0.1, 0.15) is 16.1 Å². The standard InChI is InChI=1S/C23H19N3O3/c27-18-12-11-17(13-19(18)28)21-20(16-9-5-2-6-10-16)22(26-25-21)23(29)24-14-15-7-3-1-4-8-15/h1-13,27-28H,14H2,(H,24,29)(H,25,26). The fourth-order valence-electron chi connectivity index (χ4n) is 3.14. The van der Waals surface area contributed by atoms with Crippen molar-refractivity contribution in [3.8, 4) is 33.9 Å². The molecular weight excluding hydrogens is 366 g/mol. The molecule has 0 radical (unpaired) electrons. The SMILES string of the molecule is O=C(NCc1ccccc1)c1[nH]nc(-c2ccc(O)c(O)c2)c1-c1ccccc1. The first kappa shape index (κ1) is 18.3. The molecule has 0 saturated heterocycles. The van der Waals surface area contributed by atoms with Crippen molar-refractivity contribution in [3.63, 3.8) is 0 Å². The van der Waals surface area contributed by atoms with Crippen molar-refractivity contribution in [2.24, 2.45) is 0 Å². The summed E-state index contributed by atoms with van der Waals surface area (Å²) in [7, 11) is 0. The van der Waals surface area contributed by atoms with Crippen LogP contribution < -0.4 is 5.32 Å². The van der Waals surface area contributed by atoms with Crippen molar-refractivity contribution in [2.45, 2.75) is 6.54 Å². The van der Waals surface area contributed by atoms with E-state index in [1.54, 1.807) is 6.07 Å². The van der Waals surface area contributed by atoms with E-state index in [4.69, 9.17) is 0 Å². The third-order valence-electron chi connectivity index (χ3n) is 4.60. The van der Waals surface area contributed by atoms with Crippen LogP contribution in [0.15, 0.2) is 78.9 Å². The highest BCUT2D eigenvalue weighted by atomic mass is 16.3. The number of rotatable bonds is 5. The molecule has 144 valence electrons. The molecule has 0 unspecified atom stereocenters. The minimum absolute atomic E-state index is 0.216. The van der Waals surface area contributed by atoms with E-state index in [-0.39, 0.29) is 17.4 Å². The van der Waals surface area contributed by atoms with Gasteiger partial charge in [-0.05, 0) is 29.3 Å². The highest BCUT2D eigenvalue weighted by Crippen LogP contribution is 2.36. The van der Waals surface area contributed by atoms with Crippen LogP contribution in [0.3, 0.4) is 0 Å². The zero-order chi connectivity index (χ0) is 20.2. The van der Waals surface area contributed by atoms with Crippen LogP contribution in [0.4, 0.5) is 0 Å². The maximum atomic E-state index is 12.9. The number of benzene rings is 3. The number of aromatic amines is 1. The number of phenols is 2. The van der Waals surface area contributed by atoms with Gasteiger partial charge in [0.05, 0.1) is 0 Å². The van der Waals surface area contributed by atoms with Gasteiger partial charge in [0.15, 0.2) is 11.5 Å². The number of nitrogens with one attached hydrogen (secondary N) is 2. The first-order chi connectivity index (χ1) is 14.1. The van der Waals surface area contributed by atoms with Crippen LogP contribution >= 0.6 is 0 Å². The Morgan fingerprint density at radius 3 is 2.24 bits per heavy atom. The van der Waals surface area contributed by atoms with Gasteiger partial charge in [-0.3, -0.25) is 9.89 Å². The molecule has 1 heterocycles. The van der Waals surface area contributed by atoms with Gasteiger partial charge in [-0.25, -0.2) is 0 Å². The Morgan fingerprint density at radius 2 is 1.55 bits per heavy atom. The van der Waals surface area contributed by atoms with Crippen molar-refractivity contribution in [1.29, 1.82) is 0 Å². The molecule has 3 aromatic carbocycles. The van der Waals surface area contributed by atoms with Crippen LogP contribution in [-0.4, -0.2) is 26.3 Å². The van der Waals surface area contributed by atoms with Gasteiger partial charge in [0.2, 0.25) is 0 Å². The second-order valence-electron chi connectivity index (χ2n) is 6.56. The highest BCUT2D eigenvalue weighted by Gasteiger charge is 2.22. The molecule has 1 amide bonds. The average molecular weight is 385 g/mol. The van der Waals surface area contributed by atoms with Crippen LogP contribution in [-0.2, 0) is 6.54 Å². The van der Waals surface area contributed by atoms with Gasteiger partial charge in [-0.1, -0.05) is 60.7 Å². The molecule has 6 heteroatoms. The molecule has 0 bridgehead atoms. The number of nitrogens with zero attached hydrogens (tertiary/aromatic N) is 1. The number of hydrogen-bond acceptors (Lipinski definition) is 4. The highest BCUT2D eigenvalue weighted by molar-refractivity contribution is 6.02. The van der Waals surface area contributed by atoms with E-state index in [1.807, 2.05) is 60.7 Å². The Labute approximate surface area is 167 Å². The van der Waals surface area contributed by atoms with Gasteiger partial charge in [0.25, 0.3) is 5.91 Å². The van der Waals surface area contributed by atoms with Crippen molar-refractivity contribution >= 4 is 5.91 Å². The van der Waals surface area contributed by atoms with Crippen molar-refractivity contribution in [2.75, 3.05) is 0 Å². The van der Waals surface area contributed by atoms with E-state index in [9.17, 15) is 15.0 Å². The predicted octanol–water partition coefficient (Wildman–Crippen LogP) is 4.08. The summed E-state index contributed by atoms with van der Waals surface area (Å²) in [5.41, 5.74) is 3.85. The van der Waals surface area contributed by atoms with Gasteiger partial charge in [0, 0.05) is 17.7 Å². The topological polar surface area (TPSA) is 98.2 Å². The fraction of sp³-hybridized carbons (Fsp3) is 0.0435. The Morgan fingerprint density at radius 1 is 0.862 bits per heavy atom. The van der Waals surface area contributed by atoms with Crippen LogP contribution in [0.2, 0.25) is 0 Å². The predicted molar refractivity (Wildman–Crippen MR) is 110 cm³/mol. The summed E-state index contributed by atoms with van der Waals surface area (Å²) in [4.78, 5) is 12.9. The van der Waals surface area contributed by atoms with Gasteiger partial charge >= 0.3 is 0 Å². The zero-order valence-corrected chi connectivity index (χ0v) is 15.5. The molecular formula is C23H19N3O3. The van der Waals surface area contributed by atoms with Crippen molar-refractivity contribution < 1.29 is 15.0 Å². The van der Waals surface area contributed by atoms with E-state index in [0.29, 0.717) is 29.1 Å². The lowest BCUT2D eigenvalue weighted by Crippen LogP contribution is -2.23. The van der Waals surface area contributed by atoms with E-state index in [1.165, 1.54) is 12.1 Å². The first-order valence-electron chi connectivity index (χ1n) is 9.12. The van der Waals surface area contributed by atoms with Gasteiger partial charge in [0.1, 0.15) is 11.4 Å². The number of carbonyl (C=O) groups excluding carboxylic acids is 1. The van der Waals surface area contributed by atoms with Gasteiger partial charge < -0.3 is 15.5 Å². The second kappa shape index (κ2) is 7.90. The number of aromatic nitrogens is 2. The number of amides is 1. The van der Waals surface area contributed by atoms with E-state index in [2.05, 4.69) is 15.5 Å². The van der Waals surface area contributed by atoms with Crippen LogP contribution in [0.25, 0.3) is 22.4 Å². The van der Waals surface area contributed by atoms with Crippen molar-refractivity contribution in [1.82, 2.24) is 15.5 Å². The smallest absolute Gasteiger partial charge is 0.270 e. The number of aromatic hydroxyl groups is 2. The maximum Gasteiger partial charge on any atom is 0.270 e. The number of H-pyrrole nitrogens is 1. The Bertz CT molecular complexity index is 1140. The summed E-state index contributed by atoms with van der Waals surface area (Å²) >= 11 is 0. The maximum absolute atomic E-state index is 12.9. The van der Waals surface area contributed by atoms with Crippen LogP contribution in [0.5, 0.6) is 11.5 Å².